The molecular weight excluding hydrogens is 134 g/mol. The van der Waals surface area contributed by atoms with Crippen LogP contribution in [0.15, 0.2) is 16.5 Å². The summed E-state index contributed by atoms with van der Waals surface area (Å²) in [6.07, 6.45) is 0.951. The van der Waals surface area contributed by atoms with E-state index in [0.29, 0.717) is 0 Å². The molecule has 4 heteroatoms. The highest BCUT2D eigenvalue weighted by Crippen LogP contribution is 2.04. The largest absolute Gasteiger partial charge is 0.475 e. The summed E-state index contributed by atoms with van der Waals surface area (Å²) in [7, 11) is 0. The van der Waals surface area contributed by atoms with Gasteiger partial charge in [0.1, 0.15) is 5.76 Å². The van der Waals surface area contributed by atoms with Crippen LogP contribution in [0.2, 0.25) is 0 Å². The van der Waals surface area contributed by atoms with E-state index >= 15 is 0 Å². The Hall–Kier alpha value is -1.58. The Morgan fingerprint density at radius 2 is 2.40 bits per heavy atom. The molecule has 0 spiro atoms. The van der Waals surface area contributed by atoms with Crippen LogP contribution in [-0.4, -0.2) is 17.3 Å². The minimum Gasteiger partial charge on any atom is -0.475 e. The van der Waals surface area contributed by atoms with E-state index in [1.165, 1.54) is 12.1 Å². The van der Waals surface area contributed by atoms with Gasteiger partial charge in [-0.2, -0.15) is 0 Å². The minimum absolute atomic E-state index is 0.140. The Balaban J connectivity index is 2.98. The molecule has 0 aliphatic carbocycles. The van der Waals surface area contributed by atoms with E-state index in [9.17, 15) is 4.79 Å². The molecule has 0 aliphatic rings. The quantitative estimate of drug-likeness (QED) is 0.599. The van der Waals surface area contributed by atoms with Crippen LogP contribution in [0.1, 0.15) is 16.3 Å². The van der Waals surface area contributed by atoms with Gasteiger partial charge in [0.2, 0.25) is 5.76 Å². The highest BCUT2D eigenvalue weighted by Gasteiger charge is 2.06. The molecule has 10 heavy (non-hydrogen) atoms. The maximum atomic E-state index is 10.2. The normalized spacial score (nSPS) is 9.20. The number of nitrogens with one attached hydrogen (secondary N) is 1. The monoisotopic (exact) mass is 139 g/mol. The van der Waals surface area contributed by atoms with Gasteiger partial charge >= 0.3 is 5.97 Å². The molecule has 0 amide bonds. The molecule has 0 fully saturated rings. The lowest BCUT2D eigenvalue weighted by Crippen LogP contribution is -1.91. The molecule has 0 aromatic carbocycles. The Kier molecular flexibility index (Phi) is 1.53. The van der Waals surface area contributed by atoms with Crippen LogP contribution < -0.4 is 0 Å². The summed E-state index contributed by atoms with van der Waals surface area (Å²) >= 11 is 0. The fourth-order valence-corrected chi connectivity index (χ4v) is 0.545. The third-order valence-electron chi connectivity index (χ3n) is 0.980. The highest BCUT2D eigenvalue weighted by molar-refractivity contribution is 5.85. The van der Waals surface area contributed by atoms with Gasteiger partial charge in [-0.3, -0.25) is 0 Å². The zero-order valence-corrected chi connectivity index (χ0v) is 5.00. The van der Waals surface area contributed by atoms with E-state index in [2.05, 4.69) is 4.42 Å². The Morgan fingerprint density at radius 1 is 1.70 bits per heavy atom. The molecule has 1 aromatic rings. The molecule has 0 saturated carbocycles. The molecule has 1 heterocycles. The molecule has 0 aliphatic heterocycles. The lowest BCUT2D eigenvalue weighted by molar-refractivity contribution is 0.0662. The lowest BCUT2D eigenvalue weighted by Gasteiger charge is -1.82. The van der Waals surface area contributed by atoms with Crippen LogP contribution in [0.4, 0.5) is 0 Å². The first-order valence-electron chi connectivity index (χ1n) is 2.57. The summed E-state index contributed by atoms with van der Waals surface area (Å²) in [4.78, 5) is 10.2. The van der Waals surface area contributed by atoms with Crippen molar-refractivity contribution in [2.45, 2.75) is 0 Å². The van der Waals surface area contributed by atoms with Crippen molar-refractivity contribution in [2.24, 2.45) is 0 Å². The van der Waals surface area contributed by atoms with Gasteiger partial charge in [-0.05, 0) is 12.1 Å². The fraction of sp³-hybridized carbons (Fsp3) is 0. The number of carboxylic acid groups (broad SMARTS) is 1. The summed E-state index contributed by atoms with van der Waals surface area (Å²) in [6, 6.07) is 2.74. The Morgan fingerprint density at radius 3 is 2.70 bits per heavy atom. The summed E-state index contributed by atoms with van der Waals surface area (Å²) < 4.78 is 4.65. The molecular formula is C6H5NO3. The molecule has 0 bridgehead atoms. The fourth-order valence-electron chi connectivity index (χ4n) is 0.545. The van der Waals surface area contributed by atoms with Gasteiger partial charge in [0.15, 0.2) is 0 Å². The van der Waals surface area contributed by atoms with E-state index in [-0.39, 0.29) is 11.5 Å². The van der Waals surface area contributed by atoms with Crippen molar-refractivity contribution < 1.29 is 14.3 Å². The van der Waals surface area contributed by atoms with Gasteiger partial charge in [-0.25, -0.2) is 4.79 Å². The SMILES string of the molecule is N=Cc1ccc(C(=O)O)o1. The van der Waals surface area contributed by atoms with Crippen molar-refractivity contribution in [3.8, 4) is 0 Å². The van der Waals surface area contributed by atoms with E-state index in [1.807, 2.05) is 0 Å². The molecule has 52 valence electrons. The predicted molar refractivity (Wildman–Crippen MR) is 33.6 cm³/mol. The minimum atomic E-state index is -1.12. The number of carboxylic acids is 1. The van der Waals surface area contributed by atoms with E-state index in [0.717, 1.165) is 6.21 Å². The third kappa shape index (κ3) is 1.05. The van der Waals surface area contributed by atoms with Crippen molar-refractivity contribution >= 4 is 12.2 Å². The Bertz CT molecular complexity index is 264. The standard InChI is InChI=1S/C6H5NO3/c7-3-4-1-2-5(10-4)6(8)9/h1-3,7H,(H,8,9). The molecule has 4 nitrogen and oxygen atoms in total. The molecule has 1 aromatic heterocycles. The summed E-state index contributed by atoms with van der Waals surface area (Å²) in [6.45, 7) is 0. The number of hydrogen-bond acceptors (Lipinski definition) is 3. The van der Waals surface area contributed by atoms with Crippen molar-refractivity contribution in [1.29, 1.82) is 5.41 Å². The molecule has 0 atom stereocenters. The second-order valence-electron chi connectivity index (χ2n) is 1.65. The zero-order chi connectivity index (χ0) is 7.56. The zero-order valence-electron chi connectivity index (χ0n) is 5.00. The highest BCUT2D eigenvalue weighted by atomic mass is 16.4. The van der Waals surface area contributed by atoms with Crippen molar-refractivity contribution in [2.75, 3.05) is 0 Å². The molecule has 2 N–H and O–H groups in total. The second kappa shape index (κ2) is 2.34. The molecule has 0 unspecified atom stereocenters. The first kappa shape index (κ1) is 6.54. The van der Waals surface area contributed by atoms with Crippen LogP contribution in [0.3, 0.4) is 0 Å². The second-order valence-corrected chi connectivity index (χ2v) is 1.65. The topological polar surface area (TPSA) is 74.3 Å². The number of carbonyl (C=O) groups is 1. The summed E-state index contributed by atoms with van der Waals surface area (Å²) in [5.41, 5.74) is 0. The van der Waals surface area contributed by atoms with Crippen LogP contribution >= 0.6 is 0 Å². The summed E-state index contributed by atoms with van der Waals surface area (Å²) in [5, 5.41) is 15.0. The first-order valence-corrected chi connectivity index (χ1v) is 2.57. The van der Waals surface area contributed by atoms with Gasteiger partial charge in [-0.15, -0.1) is 0 Å². The molecule has 0 radical (unpaired) electrons. The van der Waals surface area contributed by atoms with Crippen LogP contribution in [0.25, 0.3) is 0 Å². The van der Waals surface area contributed by atoms with Crippen LogP contribution in [0.5, 0.6) is 0 Å². The lowest BCUT2D eigenvalue weighted by atomic mass is 10.4. The maximum absolute atomic E-state index is 10.2. The maximum Gasteiger partial charge on any atom is 0.371 e. The van der Waals surface area contributed by atoms with Gasteiger partial charge in [0.25, 0.3) is 0 Å². The van der Waals surface area contributed by atoms with Gasteiger partial charge in [-0.1, -0.05) is 0 Å². The van der Waals surface area contributed by atoms with E-state index in [1.54, 1.807) is 0 Å². The number of hydrogen-bond donors (Lipinski definition) is 2. The number of aromatic carboxylic acids is 1. The van der Waals surface area contributed by atoms with Gasteiger partial charge in [0.05, 0.1) is 6.21 Å². The number of furan rings is 1. The van der Waals surface area contributed by atoms with Gasteiger partial charge < -0.3 is 14.9 Å². The molecule has 0 saturated heterocycles. The number of rotatable bonds is 2. The molecule has 1 rings (SSSR count). The van der Waals surface area contributed by atoms with Crippen molar-refractivity contribution in [3.05, 3.63) is 23.7 Å². The van der Waals surface area contributed by atoms with Crippen LogP contribution in [-0.2, 0) is 0 Å². The average molecular weight is 139 g/mol. The van der Waals surface area contributed by atoms with E-state index < -0.39 is 5.97 Å². The van der Waals surface area contributed by atoms with Crippen molar-refractivity contribution in [1.82, 2.24) is 0 Å². The Labute approximate surface area is 56.6 Å². The van der Waals surface area contributed by atoms with Gasteiger partial charge in [0, 0.05) is 0 Å². The third-order valence-corrected chi connectivity index (χ3v) is 0.980. The first-order chi connectivity index (χ1) is 4.74. The summed E-state index contributed by atoms with van der Waals surface area (Å²) in [5.74, 6) is -1.01. The average Bonchev–Trinajstić information content (AvgIpc) is 2.34. The van der Waals surface area contributed by atoms with Crippen LogP contribution in [0, 0.1) is 5.41 Å². The smallest absolute Gasteiger partial charge is 0.371 e. The van der Waals surface area contributed by atoms with E-state index in [4.69, 9.17) is 10.5 Å². The predicted octanol–water partition coefficient (Wildman–Crippen LogP) is 0.975. The van der Waals surface area contributed by atoms with Crippen molar-refractivity contribution in [3.63, 3.8) is 0 Å².